The molecule has 0 atom stereocenters. The van der Waals surface area contributed by atoms with Gasteiger partial charge in [0.05, 0.1) is 4.92 Å². The molecule has 1 heterocycles. The minimum absolute atomic E-state index is 0.0448. The van der Waals surface area contributed by atoms with Crippen molar-refractivity contribution < 1.29 is 4.92 Å². The standard InChI is InChI=1S/C12H10Cl2N4O2/c1-17(7-8-4-2-3-5-9(8)13)11-10(18(19)20)6-15-12(14)16-11/h2-6H,7H2,1H3. The van der Waals surface area contributed by atoms with Gasteiger partial charge in [-0.05, 0) is 23.2 Å². The molecular formula is C12H10Cl2N4O2. The first-order chi connectivity index (χ1) is 9.49. The summed E-state index contributed by atoms with van der Waals surface area (Å²) >= 11 is 11.8. The van der Waals surface area contributed by atoms with Crippen LogP contribution in [0.3, 0.4) is 0 Å². The lowest BCUT2D eigenvalue weighted by molar-refractivity contribution is -0.384. The Kier molecular flexibility index (Phi) is 4.36. The lowest BCUT2D eigenvalue weighted by Crippen LogP contribution is -2.19. The van der Waals surface area contributed by atoms with Crippen molar-refractivity contribution >= 4 is 34.7 Å². The highest BCUT2D eigenvalue weighted by molar-refractivity contribution is 6.31. The largest absolute Gasteiger partial charge is 0.349 e. The van der Waals surface area contributed by atoms with Crippen molar-refractivity contribution in [3.8, 4) is 0 Å². The van der Waals surface area contributed by atoms with Crippen LogP contribution in [-0.4, -0.2) is 21.9 Å². The Hall–Kier alpha value is -1.92. The van der Waals surface area contributed by atoms with E-state index in [0.717, 1.165) is 11.8 Å². The summed E-state index contributed by atoms with van der Waals surface area (Å²) in [6.07, 6.45) is 1.09. The molecule has 0 unspecified atom stereocenters. The molecule has 0 aliphatic heterocycles. The van der Waals surface area contributed by atoms with Crippen LogP contribution in [0, 0.1) is 10.1 Å². The third-order valence-electron chi connectivity index (χ3n) is 2.64. The van der Waals surface area contributed by atoms with Crippen LogP contribution in [-0.2, 0) is 6.54 Å². The number of halogens is 2. The van der Waals surface area contributed by atoms with Crippen molar-refractivity contribution in [2.75, 3.05) is 11.9 Å². The number of hydrogen-bond donors (Lipinski definition) is 0. The van der Waals surface area contributed by atoms with Gasteiger partial charge in [-0.2, -0.15) is 4.98 Å². The molecule has 1 aromatic heterocycles. The second-order valence-electron chi connectivity index (χ2n) is 4.05. The molecule has 8 heteroatoms. The Labute approximate surface area is 125 Å². The fourth-order valence-electron chi connectivity index (χ4n) is 1.71. The molecule has 0 spiro atoms. The van der Waals surface area contributed by atoms with Gasteiger partial charge in [0.2, 0.25) is 11.1 Å². The normalized spacial score (nSPS) is 10.3. The van der Waals surface area contributed by atoms with E-state index in [2.05, 4.69) is 9.97 Å². The number of nitrogens with zero attached hydrogens (tertiary/aromatic N) is 4. The van der Waals surface area contributed by atoms with Crippen LogP contribution in [0.25, 0.3) is 0 Å². The molecular weight excluding hydrogens is 303 g/mol. The van der Waals surface area contributed by atoms with Gasteiger partial charge in [-0.3, -0.25) is 10.1 Å². The molecule has 104 valence electrons. The van der Waals surface area contributed by atoms with Crippen LogP contribution in [0.1, 0.15) is 5.56 Å². The Balaban J connectivity index is 2.34. The average molecular weight is 313 g/mol. The maximum Gasteiger partial charge on any atom is 0.329 e. The van der Waals surface area contributed by atoms with Gasteiger partial charge in [-0.15, -0.1) is 0 Å². The van der Waals surface area contributed by atoms with E-state index in [1.54, 1.807) is 18.0 Å². The van der Waals surface area contributed by atoms with Crippen molar-refractivity contribution in [3.05, 3.63) is 56.4 Å². The summed E-state index contributed by atoms with van der Waals surface area (Å²) in [5, 5.41) is 11.5. The zero-order valence-electron chi connectivity index (χ0n) is 10.5. The summed E-state index contributed by atoms with van der Waals surface area (Å²) in [5.74, 6) is 0.148. The van der Waals surface area contributed by atoms with Crippen LogP contribution in [0.15, 0.2) is 30.5 Å². The lowest BCUT2D eigenvalue weighted by atomic mass is 10.2. The summed E-state index contributed by atoms with van der Waals surface area (Å²) in [6.45, 7) is 0.369. The highest BCUT2D eigenvalue weighted by atomic mass is 35.5. The first-order valence-electron chi connectivity index (χ1n) is 5.60. The van der Waals surface area contributed by atoms with Gasteiger partial charge >= 0.3 is 5.69 Å². The second kappa shape index (κ2) is 6.02. The minimum Gasteiger partial charge on any atom is -0.349 e. The van der Waals surface area contributed by atoms with Gasteiger partial charge in [-0.25, -0.2) is 4.98 Å². The number of anilines is 1. The summed E-state index contributed by atoms with van der Waals surface area (Å²) in [7, 11) is 1.68. The molecule has 0 amide bonds. The van der Waals surface area contributed by atoms with Crippen LogP contribution >= 0.6 is 23.2 Å². The summed E-state index contributed by atoms with van der Waals surface area (Å²) in [5.41, 5.74) is 0.629. The highest BCUT2D eigenvalue weighted by Gasteiger charge is 2.20. The third-order valence-corrected chi connectivity index (χ3v) is 3.20. The number of hydrogen-bond acceptors (Lipinski definition) is 5. The van der Waals surface area contributed by atoms with Gasteiger partial charge in [0.25, 0.3) is 0 Å². The first-order valence-corrected chi connectivity index (χ1v) is 6.36. The predicted molar refractivity (Wildman–Crippen MR) is 77.3 cm³/mol. The van der Waals surface area contributed by atoms with Gasteiger partial charge in [-0.1, -0.05) is 29.8 Å². The van der Waals surface area contributed by atoms with Gasteiger partial charge in [0.1, 0.15) is 6.20 Å². The Morgan fingerprint density at radius 3 is 2.70 bits per heavy atom. The molecule has 0 fully saturated rings. The summed E-state index contributed by atoms with van der Waals surface area (Å²) < 4.78 is 0. The fourth-order valence-corrected chi connectivity index (χ4v) is 2.04. The molecule has 0 bridgehead atoms. The molecule has 20 heavy (non-hydrogen) atoms. The molecule has 0 N–H and O–H groups in total. The van der Waals surface area contributed by atoms with Gasteiger partial charge < -0.3 is 4.90 Å². The zero-order valence-corrected chi connectivity index (χ0v) is 12.0. The molecule has 0 radical (unpaired) electrons. The Bertz CT molecular complexity index is 651. The van der Waals surface area contributed by atoms with Crippen molar-refractivity contribution in [2.24, 2.45) is 0 Å². The van der Waals surface area contributed by atoms with E-state index in [1.807, 2.05) is 18.2 Å². The van der Waals surface area contributed by atoms with Crippen molar-refractivity contribution in [3.63, 3.8) is 0 Å². The second-order valence-corrected chi connectivity index (χ2v) is 4.80. The van der Waals surface area contributed by atoms with Crippen LogP contribution < -0.4 is 4.90 Å². The highest BCUT2D eigenvalue weighted by Crippen LogP contribution is 2.27. The van der Waals surface area contributed by atoms with Crippen LogP contribution in [0.2, 0.25) is 10.3 Å². The van der Waals surface area contributed by atoms with Gasteiger partial charge in [0, 0.05) is 18.6 Å². The van der Waals surface area contributed by atoms with E-state index in [0.29, 0.717) is 11.6 Å². The van der Waals surface area contributed by atoms with E-state index in [4.69, 9.17) is 23.2 Å². The van der Waals surface area contributed by atoms with Crippen LogP contribution in [0.4, 0.5) is 11.5 Å². The molecule has 0 aliphatic rings. The van der Waals surface area contributed by atoms with Crippen molar-refractivity contribution in [1.82, 2.24) is 9.97 Å². The fraction of sp³-hybridized carbons (Fsp3) is 0.167. The molecule has 2 rings (SSSR count). The molecule has 0 saturated heterocycles. The maximum atomic E-state index is 11.0. The number of benzene rings is 1. The maximum absolute atomic E-state index is 11.0. The number of nitro groups is 1. The van der Waals surface area contributed by atoms with Crippen LogP contribution in [0.5, 0.6) is 0 Å². The van der Waals surface area contributed by atoms with E-state index >= 15 is 0 Å². The van der Waals surface area contributed by atoms with Crippen molar-refractivity contribution in [1.29, 1.82) is 0 Å². The minimum atomic E-state index is -0.547. The first kappa shape index (κ1) is 14.5. The van der Waals surface area contributed by atoms with E-state index in [-0.39, 0.29) is 16.8 Å². The summed E-state index contributed by atoms with van der Waals surface area (Å²) in [6, 6.07) is 7.26. The molecule has 6 nitrogen and oxygen atoms in total. The predicted octanol–water partition coefficient (Wildman–Crippen LogP) is 3.33. The molecule has 2 aromatic rings. The van der Waals surface area contributed by atoms with E-state index in [1.165, 1.54) is 0 Å². The van der Waals surface area contributed by atoms with E-state index < -0.39 is 4.92 Å². The Morgan fingerprint density at radius 2 is 2.05 bits per heavy atom. The Morgan fingerprint density at radius 1 is 1.35 bits per heavy atom. The molecule has 0 saturated carbocycles. The van der Waals surface area contributed by atoms with Gasteiger partial charge in [0.15, 0.2) is 0 Å². The monoisotopic (exact) mass is 312 g/mol. The topological polar surface area (TPSA) is 72.2 Å². The lowest BCUT2D eigenvalue weighted by Gasteiger charge is -2.18. The quantitative estimate of drug-likeness (QED) is 0.492. The molecule has 1 aromatic carbocycles. The number of aromatic nitrogens is 2. The third kappa shape index (κ3) is 3.15. The van der Waals surface area contributed by atoms with E-state index in [9.17, 15) is 10.1 Å². The number of rotatable bonds is 4. The summed E-state index contributed by atoms with van der Waals surface area (Å²) in [4.78, 5) is 19.6. The SMILES string of the molecule is CN(Cc1ccccc1Cl)c1nc(Cl)ncc1[N+](=O)[O-]. The molecule has 0 aliphatic carbocycles. The van der Waals surface area contributed by atoms with Crippen molar-refractivity contribution in [2.45, 2.75) is 6.54 Å². The smallest absolute Gasteiger partial charge is 0.329 e. The zero-order chi connectivity index (χ0) is 14.7. The average Bonchev–Trinajstić information content (AvgIpc) is 2.40.